The highest BCUT2D eigenvalue weighted by molar-refractivity contribution is 8.00. The maximum Gasteiger partial charge on any atom is 0.234 e. The molecule has 5 heteroatoms. The minimum atomic E-state index is -0.0340. The molecule has 1 aliphatic heterocycles. The van der Waals surface area contributed by atoms with E-state index in [-0.39, 0.29) is 11.8 Å². The fraction of sp³-hybridized carbons (Fsp3) is 0.300. The van der Waals surface area contributed by atoms with Gasteiger partial charge in [0.25, 0.3) is 0 Å². The number of carbonyl (C=O) groups is 2. The van der Waals surface area contributed by atoms with Crippen LogP contribution >= 0.6 is 11.8 Å². The van der Waals surface area contributed by atoms with Gasteiger partial charge in [-0.2, -0.15) is 0 Å². The first-order valence-electron chi connectivity index (χ1n) is 8.43. The Hall–Kier alpha value is -2.27. The fourth-order valence-electron chi connectivity index (χ4n) is 2.80. The largest absolute Gasteiger partial charge is 0.325 e. The van der Waals surface area contributed by atoms with Crippen LogP contribution in [0.15, 0.2) is 47.4 Å². The molecule has 1 aliphatic rings. The van der Waals surface area contributed by atoms with Crippen LogP contribution in [0.25, 0.3) is 0 Å². The van der Waals surface area contributed by atoms with Crippen molar-refractivity contribution in [1.82, 2.24) is 0 Å². The number of nitrogens with zero attached hydrogens (tertiary/aromatic N) is 1. The Balaban J connectivity index is 1.54. The van der Waals surface area contributed by atoms with Gasteiger partial charge in [-0.1, -0.05) is 6.07 Å². The predicted octanol–water partition coefficient (Wildman–Crippen LogP) is 4.16. The van der Waals surface area contributed by atoms with Crippen molar-refractivity contribution in [3.8, 4) is 0 Å². The molecule has 3 rings (SSSR count). The van der Waals surface area contributed by atoms with Gasteiger partial charge in [0, 0.05) is 29.2 Å². The molecular weight excluding hydrogens is 332 g/mol. The van der Waals surface area contributed by atoms with Gasteiger partial charge in [0.2, 0.25) is 11.8 Å². The monoisotopic (exact) mass is 354 g/mol. The van der Waals surface area contributed by atoms with Crippen LogP contribution in [0, 0.1) is 13.8 Å². The van der Waals surface area contributed by atoms with Gasteiger partial charge in [-0.15, -0.1) is 11.8 Å². The topological polar surface area (TPSA) is 49.4 Å². The highest BCUT2D eigenvalue weighted by Crippen LogP contribution is 2.24. The Kier molecular flexibility index (Phi) is 5.43. The summed E-state index contributed by atoms with van der Waals surface area (Å²) in [6, 6.07) is 13.7. The molecule has 1 heterocycles. The highest BCUT2D eigenvalue weighted by atomic mass is 32.2. The molecule has 2 aromatic carbocycles. The summed E-state index contributed by atoms with van der Waals surface area (Å²) in [5, 5.41) is 2.90. The van der Waals surface area contributed by atoms with E-state index in [0.29, 0.717) is 12.2 Å². The standard InChI is InChI=1S/C20H22N2O2S/c1-14-5-10-18(12-15(14)2)25-13-19(23)21-16-6-8-17(9-7-16)22-11-3-4-20(22)24/h5-10,12H,3-4,11,13H2,1-2H3,(H,21,23). The maximum absolute atomic E-state index is 12.1. The number of hydrogen-bond acceptors (Lipinski definition) is 3. The summed E-state index contributed by atoms with van der Waals surface area (Å²) in [7, 11) is 0. The molecule has 0 unspecified atom stereocenters. The third kappa shape index (κ3) is 4.42. The molecule has 1 saturated heterocycles. The molecule has 2 aromatic rings. The van der Waals surface area contributed by atoms with Crippen molar-refractivity contribution in [2.75, 3.05) is 22.5 Å². The van der Waals surface area contributed by atoms with E-state index in [0.717, 1.165) is 29.2 Å². The Labute approximate surface area is 152 Å². The molecule has 25 heavy (non-hydrogen) atoms. The van der Waals surface area contributed by atoms with E-state index in [2.05, 4.69) is 31.3 Å². The first-order valence-corrected chi connectivity index (χ1v) is 9.42. The molecule has 0 atom stereocenters. The zero-order valence-electron chi connectivity index (χ0n) is 14.5. The summed E-state index contributed by atoms with van der Waals surface area (Å²) in [5.74, 6) is 0.504. The fourth-order valence-corrected chi connectivity index (χ4v) is 3.59. The molecule has 4 nitrogen and oxygen atoms in total. The molecule has 0 saturated carbocycles. The second kappa shape index (κ2) is 7.74. The average molecular weight is 354 g/mol. The molecule has 0 radical (unpaired) electrons. The van der Waals surface area contributed by atoms with E-state index in [4.69, 9.17) is 0 Å². The van der Waals surface area contributed by atoms with Gasteiger partial charge in [-0.25, -0.2) is 0 Å². The maximum atomic E-state index is 12.1. The number of nitrogens with one attached hydrogen (secondary N) is 1. The number of hydrogen-bond donors (Lipinski definition) is 1. The molecule has 0 aliphatic carbocycles. The van der Waals surface area contributed by atoms with Crippen LogP contribution in [0.1, 0.15) is 24.0 Å². The van der Waals surface area contributed by atoms with E-state index in [1.807, 2.05) is 30.3 Å². The lowest BCUT2D eigenvalue weighted by atomic mass is 10.1. The lowest BCUT2D eigenvalue weighted by Crippen LogP contribution is -2.23. The van der Waals surface area contributed by atoms with Gasteiger partial charge in [0.05, 0.1) is 5.75 Å². The Bertz CT molecular complexity index is 787. The first-order chi connectivity index (χ1) is 12.0. The Morgan fingerprint density at radius 1 is 1.12 bits per heavy atom. The summed E-state index contributed by atoms with van der Waals surface area (Å²) in [5.41, 5.74) is 4.13. The molecule has 1 N–H and O–H groups in total. The van der Waals surface area contributed by atoms with Crippen LogP contribution in [-0.4, -0.2) is 24.1 Å². The van der Waals surface area contributed by atoms with E-state index >= 15 is 0 Å². The zero-order chi connectivity index (χ0) is 17.8. The van der Waals surface area contributed by atoms with Crippen molar-refractivity contribution in [3.05, 3.63) is 53.6 Å². The van der Waals surface area contributed by atoms with E-state index < -0.39 is 0 Å². The summed E-state index contributed by atoms with van der Waals surface area (Å²) in [4.78, 5) is 26.8. The van der Waals surface area contributed by atoms with Gasteiger partial charge < -0.3 is 10.2 Å². The smallest absolute Gasteiger partial charge is 0.234 e. The van der Waals surface area contributed by atoms with Crippen LogP contribution in [-0.2, 0) is 9.59 Å². The zero-order valence-corrected chi connectivity index (χ0v) is 15.4. The quantitative estimate of drug-likeness (QED) is 0.820. The SMILES string of the molecule is Cc1ccc(SCC(=O)Nc2ccc(N3CCCC3=O)cc2)cc1C. The third-order valence-corrected chi connectivity index (χ3v) is 5.38. The van der Waals surface area contributed by atoms with Crippen LogP contribution in [0.3, 0.4) is 0 Å². The predicted molar refractivity (Wildman–Crippen MR) is 103 cm³/mol. The van der Waals surface area contributed by atoms with Crippen molar-refractivity contribution in [2.45, 2.75) is 31.6 Å². The number of rotatable bonds is 5. The number of carbonyl (C=O) groups excluding carboxylic acids is 2. The Morgan fingerprint density at radius 2 is 1.88 bits per heavy atom. The van der Waals surface area contributed by atoms with Crippen LogP contribution in [0.5, 0.6) is 0 Å². The molecule has 130 valence electrons. The normalized spacial score (nSPS) is 14.0. The number of anilines is 2. The minimum absolute atomic E-state index is 0.0340. The summed E-state index contributed by atoms with van der Waals surface area (Å²) in [6.07, 6.45) is 1.53. The van der Waals surface area contributed by atoms with E-state index in [1.54, 1.807) is 4.90 Å². The van der Waals surface area contributed by atoms with Crippen LogP contribution in [0.2, 0.25) is 0 Å². The summed E-state index contributed by atoms with van der Waals surface area (Å²) >= 11 is 1.53. The van der Waals surface area contributed by atoms with Crippen molar-refractivity contribution >= 4 is 35.0 Å². The molecule has 0 bridgehead atoms. The van der Waals surface area contributed by atoms with E-state index in [1.165, 1.54) is 22.9 Å². The van der Waals surface area contributed by atoms with Gasteiger partial charge in [-0.05, 0) is 67.8 Å². The van der Waals surface area contributed by atoms with Crippen LogP contribution < -0.4 is 10.2 Å². The lowest BCUT2D eigenvalue weighted by Gasteiger charge is -2.16. The lowest BCUT2D eigenvalue weighted by molar-refractivity contribution is -0.117. The Morgan fingerprint density at radius 3 is 2.52 bits per heavy atom. The molecule has 1 fully saturated rings. The van der Waals surface area contributed by atoms with Gasteiger partial charge in [0.15, 0.2) is 0 Å². The highest BCUT2D eigenvalue weighted by Gasteiger charge is 2.21. The summed E-state index contributed by atoms with van der Waals surface area (Å²) in [6.45, 7) is 4.93. The number of thioether (sulfide) groups is 1. The molecule has 0 spiro atoms. The molecular formula is C20H22N2O2S. The molecule has 2 amide bonds. The van der Waals surface area contributed by atoms with Crippen molar-refractivity contribution in [1.29, 1.82) is 0 Å². The average Bonchev–Trinajstić information content (AvgIpc) is 3.03. The van der Waals surface area contributed by atoms with Gasteiger partial charge in [-0.3, -0.25) is 9.59 Å². The second-order valence-electron chi connectivity index (χ2n) is 6.28. The summed E-state index contributed by atoms with van der Waals surface area (Å²) < 4.78 is 0. The third-order valence-electron chi connectivity index (χ3n) is 4.38. The number of benzene rings is 2. The van der Waals surface area contributed by atoms with Gasteiger partial charge >= 0.3 is 0 Å². The first kappa shape index (κ1) is 17.5. The van der Waals surface area contributed by atoms with Crippen molar-refractivity contribution in [2.24, 2.45) is 0 Å². The molecule has 0 aromatic heterocycles. The van der Waals surface area contributed by atoms with E-state index in [9.17, 15) is 9.59 Å². The van der Waals surface area contributed by atoms with Crippen LogP contribution in [0.4, 0.5) is 11.4 Å². The van der Waals surface area contributed by atoms with Crippen molar-refractivity contribution < 1.29 is 9.59 Å². The number of amides is 2. The van der Waals surface area contributed by atoms with Crippen molar-refractivity contribution in [3.63, 3.8) is 0 Å². The van der Waals surface area contributed by atoms with Gasteiger partial charge in [0.1, 0.15) is 0 Å². The minimum Gasteiger partial charge on any atom is -0.325 e. The second-order valence-corrected chi connectivity index (χ2v) is 7.33. The number of aryl methyl sites for hydroxylation is 2.